The number of benzene rings is 1. The average molecular weight is 258 g/mol. The van der Waals surface area contributed by atoms with E-state index in [-0.39, 0.29) is 5.92 Å². The Labute approximate surface area is 112 Å². The summed E-state index contributed by atoms with van der Waals surface area (Å²) in [5.41, 5.74) is 4.66. The van der Waals surface area contributed by atoms with E-state index in [4.69, 9.17) is 9.26 Å². The Kier molecular flexibility index (Phi) is 3.11. The number of aryl methyl sites for hydroxylation is 3. The zero-order valence-corrected chi connectivity index (χ0v) is 11.6. The Hall–Kier alpha value is -1.68. The van der Waals surface area contributed by atoms with Gasteiger partial charge in [-0.25, -0.2) is 0 Å². The number of rotatable bonds is 2. The molecule has 0 spiro atoms. The van der Waals surface area contributed by atoms with Crippen molar-refractivity contribution < 1.29 is 9.26 Å². The second-order valence-corrected chi connectivity index (χ2v) is 5.29. The van der Waals surface area contributed by atoms with Gasteiger partial charge in [0.1, 0.15) is 0 Å². The van der Waals surface area contributed by atoms with Gasteiger partial charge in [-0.2, -0.15) is 4.98 Å². The fourth-order valence-electron chi connectivity index (χ4n) is 2.76. The van der Waals surface area contributed by atoms with Gasteiger partial charge in [0.25, 0.3) is 5.89 Å². The van der Waals surface area contributed by atoms with Crippen LogP contribution in [0.4, 0.5) is 0 Å². The number of aromatic nitrogens is 2. The second kappa shape index (κ2) is 4.78. The molecule has 1 aromatic heterocycles. The molecule has 1 saturated heterocycles. The number of hydrogen-bond donors (Lipinski definition) is 0. The van der Waals surface area contributed by atoms with Gasteiger partial charge in [0.2, 0.25) is 0 Å². The fraction of sp³-hybridized carbons (Fsp3) is 0.467. The molecule has 0 radical (unpaired) electrons. The number of nitrogens with zero attached hydrogens (tertiary/aromatic N) is 2. The fourth-order valence-corrected chi connectivity index (χ4v) is 2.76. The van der Waals surface area contributed by atoms with Crippen molar-refractivity contribution in [3.63, 3.8) is 0 Å². The van der Waals surface area contributed by atoms with Crippen LogP contribution in [-0.4, -0.2) is 23.4 Å². The topological polar surface area (TPSA) is 48.2 Å². The van der Waals surface area contributed by atoms with Crippen molar-refractivity contribution in [2.24, 2.45) is 0 Å². The summed E-state index contributed by atoms with van der Waals surface area (Å²) < 4.78 is 10.8. The summed E-state index contributed by atoms with van der Waals surface area (Å²) in [4.78, 5) is 4.56. The van der Waals surface area contributed by atoms with E-state index in [0.29, 0.717) is 12.5 Å². The lowest BCUT2D eigenvalue weighted by molar-refractivity contribution is 0.192. The molecule has 100 valence electrons. The van der Waals surface area contributed by atoms with Crippen LogP contribution in [0.3, 0.4) is 0 Å². The van der Waals surface area contributed by atoms with E-state index in [9.17, 15) is 0 Å². The smallest absolute Gasteiger partial charge is 0.258 e. The molecule has 19 heavy (non-hydrogen) atoms. The molecular formula is C15H18N2O2. The Bertz CT molecular complexity index is 575. The molecule has 0 amide bonds. The van der Waals surface area contributed by atoms with Gasteiger partial charge in [-0.15, -0.1) is 0 Å². The van der Waals surface area contributed by atoms with Crippen molar-refractivity contribution in [2.75, 3.05) is 13.2 Å². The standard InChI is InChI=1S/C15H18N2O2/c1-9-6-10(2)13(11(3)7-9)15-16-14(17-19-15)12-4-5-18-8-12/h6-7,12H,4-5,8H2,1-3H3/t12-/m0/s1. The first-order valence-electron chi connectivity index (χ1n) is 6.64. The van der Waals surface area contributed by atoms with Crippen molar-refractivity contribution >= 4 is 0 Å². The van der Waals surface area contributed by atoms with Crippen molar-refractivity contribution in [3.8, 4) is 11.5 Å². The predicted molar refractivity (Wildman–Crippen MR) is 72.1 cm³/mol. The van der Waals surface area contributed by atoms with Crippen LogP contribution in [0.25, 0.3) is 11.5 Å². The third kappa shape index (κ3) is 2.28. The molecule has 1 aromatic carbocycles. The van der Waals surface area contributed by atoms with E-state index in [1.807, 2.05) is 0 Å². The second-order valence-electron chi connectivity index (χ2n) is 5.29. The summed E-state index contributed by atoms with van der Waals surface area (Å²) in [6.45, 7) is 7.75. The molecule has 1 aliphatic rings. The lowest BCUT2D eigenvalue weighted by atomic mass is 10.00. The van der Waals surface area contributed by atoms with Crippen molar-refractivity contribution in [1.82, 2.24) is 10.1 Å². The van der Waals surface area contributed by atoms with Crippen molar-refractivity contribution in [2.45, 2.75) is 33.1 Å². The summed E-state index contributed by atoms with van der Waals surface area (Å²) >= 11 is 0. The third-order valence-corrected chi connectivity index (χ3v) is 3.63. The average Bonchev–Trinajstić information content (AvgIpc) is 2.97. The molecule has 1 fully saturated rings. The van der Waals surface area contributed by atoms with Gasteiger partial charge in [0.15, 0.2) is 5.82 Å². The third-order valence-electron chi connectivity index (χ3n) is 3.63. The summed E-state index contributed by atoms with van der Waals surface area (Å²) in [6.07, 6.45) is 0.977. The Balaban J connectivity index is 1.98. The van der Waals surface area contributed by atoms with Gasteiger partial charge >= 0.3 is 0 Å². The van der Waals surface area contributed by atoms with E-state index in [1.54, 1.807) is 0 Å². The first-order valence-corrected chi connectivity index (χ1v) is 6.64. The molecule has 4 heteroatoms. The van der Waals surface area contributed by atoms with Gasteiger partial charge < -0.3 is 9.26 Å². The predicted octanol–water partition coefficient (Wildman–Crippen LogP) is 3.17. The lowest BCUT2D eigenvalue weighted by Crippen LogP contribution is -1.99. The highest BCUT2D eigenvalue weighted by Gasteiger charge is 2.24. The van der Waals surface area contributed by atoms with Crippen LogP contribution in [0.5, 0.6) is 0 Å². The monoisotopic (exact) mass is 258 g/mol. The van der Waals surface area contributed by atoms with Crippen LogP contribution in [0.1, 0.15) is 34.9 Å². The normalized spacial score (nSPS) is 19.0. The van der Waals surface area contributed by atoms with E-state index < -0.39 is 0 Å². The molecule has 0 unspecified atom stereocenters. The summed E-state index contributed by atoms with van der Waals surface area (Å²) in [6, 6.07) is 4.29. The maximum atomic E-state index is 5.45. The molecule has 0 saturated carbocycles. The highest BCUT2D eigenvalue weighted by atomic mass is 16.5. The maximum absolute atomic E-state index is 5.45. The van der Waals surface area contributed by atoms with Crippen molar-refractivity contribution in [1.29, 1.82) is 0 Å². The van der Waals surface area contributed by atoms with Crippen LogP contribution in [0.15, 0.2) is 16.7 Å². The van der Waals surface area contributed by atoms with E-state index in [1.165, 1.54) is 16.7 Å². The summed E-state index contributed by atoms with van der Waals surface area (Å²) in [5.74, 6) is 1.67. The molecule has 2 heterocycles. The number of ether oxygens (including phenoxy) is 1. The van der Waals surface area contributed by atoms with Gasteiger partial charge in [0.05, 0.1) is 6.61 Å². The Morgan fingerprint density at radius 2 is 1.89 bits per heavy atom. The molecule has 3 rings (SSSR count). The molecular weight excluding hydrogens is 240 g/mol. The lowest BCUT2D eigenvalue weighted by Gasteiger charge is -2.06. The van der Waals surface area contributed by atoms with Gasteiger partial charge in [-0.05, 0) is 38.3 Å². The molecule has 1 atom stereocenters. The van der Waals surface area contributed by atoms with E-state index in [0.717, 1.165) is 24.4 Å². The highest BCUT2D eigenvalue weighted by molar-refractivity contribution is 5.63. The minimum absolute atomic E-state index is 0.281. The quantitative estimate of drug-likeness (QED) is 0.830. The first-order chi connectivity index (χ1) is 9.15. The minimum atomic E-state index is 0.281. The zero-order valence-electron chi connectivity index (χ0n) is 11.6. The van der Waals surface area contributed by atoms with Gasteiger partial charge in [-0.1, -0.05) is 22.9 Å². The SMILES string of the molecule is Cc1cc(C)c(-c2nc([C@H]3CCOC3)no2)c(C)c1. The molecule has 4 nitrogen and oxygen atoms in total. The Morgan fingerprint density at radius 3 is 2.53 bits per heavy atom. The number of hydrogen-bond acceptors (Lipinski definition) is 4. The van der Waals surface area contributed by atoms with Crippen LogP contribution < -0.4 is 0 Å². The van der Waals surface area contributed by atoms with E-state index >= 15 is 0 Å². The summed E-state index contributed by atoms with van der Waals surface area (Å²) in [5, 5.41) is 4.11. The van der Waals surface area contributed by atoms with Crippen LogP contribution in [0, 0.1) is 20.8 Å². The van der Waals surface area contributed by atoms with Crippen LogP contribution in [-0.2, 0) is 4.74 Å². The van der Waals surface area contributed by atoms with E-state index in [2.05, 4.69) is 43.0 Å². The zero-order chi connectivity index (χ0) is 13.4. The highest BCUT2D eigenvalue weighted by Crippen LogP contribution is 2.29. The van der Waals surface area contributed by atoms with Gasteiger partial charge in [0, 0.05) is 18.1 Å². The largest absolute Gasteiger partial charge is 0.381 e. The van der Waals surface area contributed by atoms with Gasteiger partial charge in [-0.3, -0.25) is 0 Å². The minimum Gasteiger partial charge on any atom is -0.381 e. The molecule has 1 aliphatic heterocycles. The Morgan fingerprint density at radius 1 is 1.16 bits per heavy atom. The molecule has 2 aromatic rings. The summed E-state index contributed by atoms with van der Waals surface area (Å²) in [7, 11) is 0. The van der Waals surface area contributed by atoms with Crippen LogP contribution in [0.2, 0.25) is 0 Å². The first kappa shape index (κ1) is 12.4. The molecule has 0 N–H and O–H groups in total. The maximum Gasteiger partial charge on any atom is 0.258 e. The molecule has 0 bridgehead atoms. The van der Waals surface area contributed by atoms with Crippen LogP contribution >= 0.6 is 0 Å². The van der Waals surface area contributed by atoms with Crippen molar-refractivity contribution in [3.05, 3.63) is 34.6 Å². The molecule has 0 aliphatic carbocycles.